The lowest BCUT2D eigenvalue weighted by molar-refractivity contribution is -0.153. The van der Waals surface area contributed by atoms with Gasteiger partial charge in [-0.25, -0.2) is 9.18 Å². The molecule has 1 unspecified atom stereocenters. The molecule has 0 spiro atoms. The summed E-state index contributed by atoms with van der Waals surface area (Å²) in [6, 6.07) is 1.69. The fraction of sp³-hybridized carbons (Fsp3) is 0.417. The first-order valence-electron chi connectivity index (χ1n) is 5.59. The van der Waals surface area contributed by atoms with Gasteiger partial charge in [-0.3, -0.25) is 0 Å². The van der Waals surface area contributed by atoms with Crippen molar-refractivity contribution in [1.29, 1.82) is 0 Å². The van der Waals surface area contributed by atoms with E-state index in [0.29, 0.717) is 0 Å². The second kappa shape index (κ2) is 6.67. The van der Waals surface area contributed by atoms with E-state index < -0.39 is 35.2 Å². The standard InChI is InChI=1S/C12H12F4O4/c13-7-2-3-8(9(6-7)12(14,15)16)10(11(18)19)20-5-1-4-17/h2-3,6,10,17H,1,4-5H2,(H,18,19). The van der Waals surface area contributed by atoms with Gasteiger partial charge in [-0.15, -0.1) is 0 Å². The van der Waals surface area contributed by atoms with Crippen LogP contribution in [0.25, 0.3) is 0 Å². The average molecular weight is 296 g/mol. The maximum absolute atomic E-state index is 12.9. The number of ether oxygens (including phenoxy) is 1. The van der Waals surface area contributed by atoms with Crippen molar-refractivity contribution in [3.05, 3.63) is 35.1 Å². The highest BCUT2D eigenvalue weighted by Crippen LogP contribution is 2.36. The van der Waals surface area contributed by atoms with Gasteiger partial charge in [-0.1, -0.05) is 6.07 Å². The fourth-order valence-electron chi connectivity index (χ4n) is 1.56. The van der Waals surface area contributed by atoms with E-state index in [1.807, 2.05) is 0 Å². The van der Waals surface area contributed by atoms with Gasteiger partial charge in [0, 0.05) is 12.2 Å². The molecule has 0 bridgehead atoms. The Morgan fingerprint density at radius 2 is 2.00 bits per heavy atom. The number of benzene rings is 1. The summed E-state index contributed by atoms with van der Waals surface area (Å²) in [5.74, 6) is -2.75. The molecule has 4 nitrogen and oxygen atoms in total. The largest absolute Gasteiger partial charge is 0.479 e. The summed E-state index contributed by atoms with van der Waals surface area (Å²) in [6.07, 6.45) is -6.70. The van der Waals surface area contributed by atoms with Crippen molar-refractivity contribution in [1.82, 2.24) is 0 Å². The molecular weight excluding hydrogens is 284 g/mol. The van der Waals surface area contributed by atoms with Crippen LogP contribution in [0.4, 0.5) is 17.6 Å². The molecule has 0 saturated carbocycles. The normalized spacial score (nSPS) is 13.2. The number of hydrogen-bond acceptors (Lipinski definition) is 3. The third-order valence-corrected chi connectivity index (χ3v) is 2.41. The number of aliphatic hydroxyl groups is 1. The molecule has 0 saturated heterocycles. The van der Waals surface area contributed by atoms with Gasteiger partial charge in [0.2, 0.25) is 0 Å². The fourth-order valence-corrected chi connectivity index (χ4v) is 1.56. The van der Waals surface area contributed by atoms with Gasteiger partial charge in [-0.2, -0.15) is 13.2 Å². The number of hydrogen-bond donors (Lipinski definition) is 2. The van der Waals surface area contributed by atoms with Crippen LogP contribution in [-0.4, -0.2) is 29.4 Å². The van der Waals surface area contributed by atoms with Crippen LogP contribution in [0.15, 0.2) is 18.2 Å². The van der Waals surface area contributed by atoms with Crippen molar-refractivity contribution in [2.45, 2.75) is 18.7 Å². The quantitative estimate of drug-likeness (QED) is 0.625. The number of alkyl halides is 3. The van der Waals surface area contributed by atoms with E-state index in [9.17, 15) is 22.4 Å². The highest BCUT2D eigenvalue weighted by Gasteiger charge is 2.37. The molecule has 8 heteroatoms. The maximum atomic E-state index is 12.9. The smallest absolute Gasteiger partial charge is 0.416 e. The highest BCUT2D eigenvalue weighted by molar-refractivity contribution is 5.75. The number of carboxylic acid groups (broad SMARTS) is 1. The van der Waals surface area contributed by atoms with Gasteiger partial charge < -0.3 is 14.9 Å². The number of rotatable bonds is 6. The third kappa shape index (κ3) is 4.17. The van der Waals surface area contributed by atoms with Gasteiger partial charge >= 0.3 is 12.1 Å². The summed E-state index contributed by atoms with van der Waals surface area (Å²) in [6.45, 7) is -0.524. The monoisotopic (exact) mass is 296 g/mol. The summed E-state index contributed by atoms with van der Waals surface area (Å²) in [5.41, 5.74) is -2.07. The minimum absolute atomic E-state index is 0.0757. The van der Waals surface area contributed by atoms with Crippen molar-refractivity contribution >= 4 is 5.97 Å². The van der Waals surface area contributed by atoms with Crippen LogP contribution in [0.2, 0.25) is 0 Å². The van der Waals surface area contributed by atoms with Crippen LogP contribution in [-0.2, 0) is 15.7 Å². The topological polar surface area (TPSA) is 66.8 Å². The molecule has 0 amide bonds. The lowest BCUT2D eigenvalue weighted by Crippen LogP contribution is -2.21. The first kappa shape index (κ1) is 16.4. The summed E-state index contributed by atoms with van der Waals surface area (Å²) >= 11 is 0. The van der Waals surface area contributed by atoms with Crippen molar-refractivity contribution in [3.63, 3.8) is 0 Å². The molecular formula is C12H12F4O4. The molecule has 0 radical (unpaired) electrons. The molecule has 0 heterocycles. The maximum Gasteiger partial charge on any atom is 0.416 e. The Bertz CT molecular complexity index is 473. The molecule has 1 rings (SSSR count). The van der Waals surface area contributed by atoms with Crippen molar-refractivity contribution < 1.29 is 37.3 Å². The number of aliphatic carboxylic acids is 1. The minimum Gasteiger partial charge on any atom is -0.479 e. The van der Waals surface area contributed by atoms with Crippen LogP contribution < -0.4 is 0 Å². The summed E-state index contributed by atoms with van der Waals surface area (Å²) in [5, 5.41) is 17.5. The first-order chi connectivity index (χ1) is 9.27. The zero-order chi connectivity index (χ0) is 15.3. The zero-order valence-corrected chi connectivity index (χ0v) is 10.2. The van der Waals surface area contributed by atoms with E-state index in [0.717, 1.165) is 12.1 Å². The molecule has 1 aromatic rings. The molecule has 1 atom stereocenters. The first-order valence-corrected chi connectivity index (χ1v) is 5.59. The second-order valence-electron chi connectivity index (χ2n) is 3.90. The van der Waals surface area contributed by atoms with Crippen LogP contribution in [0.1, 0.15) is 23.7 Å². The Morgan fingerprint density at radius 3 is 2.50 bits per heavy atom. The molecule has 0 aliphatic carbocycles. The van der Waals surface area contributed by atoms with Gasteiger partial charge in [0.25, 0.3) is 0 Å². The predicted molar refractivity (Wildman–Crippen MR) is 59.4 cm³/mol. The Labute approximate surface area is 111 Å². The lowest BCUT2D eigenvalue weighted by atomic mass is 10.0. The molecule has 0 aromatic heterocycles. The van der Waals surface area contributed by atoms with Crippen LogP contribution in [0.5, 0.6) is 0 Å². The molecule has 2 N–H and O–H groups in total. The second-order valence-corrected chi connectivity index (χ2v) is 3.90. The Kier molecular flexibility index (Phi) is 5.46. The SMILES string of the molecule is O=C(O)C(OCCCO)c1ccc(F)cc1C(F)(F)F. The Balaban J connectivity index is 3.16. The van der Waals surface area contributed by atoms with E-state index in [1.165, 1.54) is 0 Å². The number of aliphatic hydroxyl groups excluding tert-OH is 1. The molecule has 0 aliphatic rings. The van der Waals surface area contributed by atoms with E-state index in [4.69, 9.17) is 14.9 Å². The van der Waals surface area contributed by atoms with E-state index in [2.05, 4.69) is 0 Å². The third-order valence-electron chi connectivity index (χ3n) is 2.41. The van der Waals surface area contributed by atoms with Crippen LogP contribution >= 0.6 is 0 Å². The average Bonchev–Trinajstić information content (AvgIpc) is 2.34. The zero-order valence-electron chi connectivity index (χ0n) is 10.2. The summed E-state index contributed by atoms with van der Waals surface area (Å²) in [4.78, 5) is 11.0. The minimum atomic E-state index is -4.90. The van der Waals surface area contributed by atoms with Gasteiger partial charge in [0.1, 0.15) is 5.82 Å². The Hall–Kier alpha value is -1.67. The van der Waals surface area contributed by atoms with E-state index in [-0.39, 0.29) is 25.7 Å². The van der Waals surface area contributed by atoms with E-state index >= 15 is 0 Å². The number of halogens is 4. The number of carboxylic acids is 1. The van der Waals surface area contributed by atoms with Gasteiger partial charge in [0.05, 0.1) is 12.2 Å². The van der Waals surface area contributed by atoms with Gasteiger partial charge in [-0.05, 0) is 18.6 Å². The number of carbonyl (C=O) groups is 1. The van der Waals surface area contributed by atoms with E-state index in [1.54, 1.807) is 0 Å². The highest BCUT2D eigenvalue weighted by atomic mass is 19.4. The summed E-state index contributed by atoms with van der Waals surface area (Å²) in [7, 11) is 0. The van der Waals surface area contributed by atoms with Crippen molar-refractivity contribution in [3.8, 4) is 0 Å². The van der Waals surface area contributed by atoms with Crippen molar-refractivity contribution in [2.24, 2.45) is 0 Å². The molecule has 112 valence electrons. The predicted octanol–water partition coefficient (Wildman–Crippen LogP) is 2.37. The van der Waals surface area contributed by atoms with Gasteiger partial charge in [0.15, 0.2) is 6.10 Å². The van der Waals surface area contributed by atoms with Crippen LogP contribution in [0.3, 0.4) is 0 Å². The molecule has 1 aromatic carbocycles. The van der Waals surface area contributed by atoms with Crippen molar-refractivity contribution in [2.75, 3.05) is 13.2 Å². The van der Waals surface area contributed by atoms with Crippen LogP contribution in [0, 0.1) is 5.82 Å². The summed E-state index contributed by atoms with van der Waals surface area (Å²) < 4.78 is 56.1. The molecule has 0 aliphatic heterocycles. The molecule has 20 heavy (non-hydrogen) atoms. The Morgan fingerprint density at radius 1 is 1.35 bits per heavy atom. The molecule has 0 fully saturated rings. The lowest BCUT2D eigenvalue weighted by Gasteiger charge is -2.19.